The van der Waals surface area contributed by atoms with E-state index in [1.807, 2.05) is 30.3 Å². The second-order valence-corrected chi connectivity index (χ2v) is 7.70. The number of fused-ring (bicyclic) bond motifs is 2. The summed E-state index contributed by atoms with van der Waals surface area (Å²) in [4.78, 5) is 14.4. The number of nitrogens with zero attached hydrogens (tertiary/aromatic N) is 1. The molecule has 2 fully saturated rings. The maximum absolute atomic E-state index is 13.0. The first kappa shape index (κ1) is 18.9. The highest BCUT2D eigenvalue weighted by atomic mass is 19.3. The number of aliphatic hydroxyl groups is 1. The molecule has 2 aliphatic rings. The molecule has 0 saturated carbocycles. The van der Waals surface area contributed by atoms with Crippen LogP contribution in [-0.2, 0) is 16.9 Å². The first-order chi connectivity index (χ1) is 13.5. The van der Waals surface area contributed by atoms with Crippen LogP contribution in [0.3, 0.4) is 0 Å². The van der Waals surface area contributed by atoms with Crippen molar-refractivity contribution in [2.75, 3.05) is 0 Å². The van der Waals surface area contributed by atoms with E-state index < -0.39 is 12.0 Å². The molecule has 4 nitrogen and oxygen atoms in total. The maximum Gasteiger partial charge on any atom is 0.410 e. The molecule has 148 valence electrons. The summed E-state index contributed by atoms with van der Waals surface area (Å²) in [5, 5.41) is 11.2. The van der Waals surface area contributed by atoms with Gasteiger partial charge in [-0.15, -0.1) is 0 Å². The Balaban J connectivity index is 1.46. The van der Waals surface area contributed by atoms with Crippen molar-refractivity contribution in [3.63, 3.8) is 0 Å². The zero-order valence-corrected chi connectivity index (χ0v) is 15.4. The summed E-state index contributed by atoms with van der Waals surface area (Å²) < 4.78 is 31.6. The average Bonchev–Trinajstić information content (AvgIpc) is 2.99. The highest BCUT2D eigenvalue weighted by molar-refractivity contribution is 5.69. The molecule has 1 N–H and O–H groups in total. The molecule has 2 atom stereocenters. The molecule has 2 bridgehead atoms. The van der Waals surface area contributed by atoms with Gasteiger partial charge in [0.05, 0.1) is 5.60 Å². The second kappa shape index (κ2) is 7.51. The number of ether oxygens (including phenoxy) is 1. The van der Waals surface area contributed by atoms with Crippen molar-refractivity contribution >= 4 is 6.09 Å². The number of benzene rings is 2. The Morgan fingerprint density at radius 3 is 2.43 bits per heavy atom. The van der Waals surface area contributed by atoms with Crippen LogP contribution in [0, 0.1) is 0 Å². The lowest BCUT2D eigenvalue weighted by Crippen LogP contribution is -2.52. The molecule has 2 saturated heterocycles. The van der Waals surface area contributed by atoms with Crippen LogP contribution in [0.25, 0.3) is 0 Å². The molecule has 2 aliphatic heterocycles. The Labute approximate surface area is 162 Å². The zero-order chi connectivity index (χ0) is 19.7. The van der Waals surface area contributed by atoms with E-state index in [-0.39, 0.29) is 30.3 Å². The van der Waals surface area contributed by atoms with Crippen LogP contribution in [0.4, 0.5) is 13.6 Å². The Hall–Kier alpha value is -2.47. The number of hydrogen-bond acceptors (Lipinski definition) is 3. The fourth-order valence-corrected chi connectivity index (χ4v) is 4.52. The fraction of sp³-hybridized carbons (Fsp3) is 0.409. The molecule has 0 radical (unpaired) electrons. The molecule has 2 aromatic rings. The van der Waals surface area contributed by atoms with Crippen molar-refractivity contribution in [2.24, 2.45) is 0 Å². The summed E-state index contributed by atoms with van der Waals surface area (Å²) in [5.41, 5.74) is 0.121. The minimum atomic E-state index is -2.58. The van der Waals surface area contributed by atoms with Crippen LogP contribution in [0.15, 0.2) is 54.6 Å². The summed E-state index contributed by atoms with van der Waals surface area (Å²) in [5.74, 6) is 0. The van der Waals surface area contributed by atoms with Gasteiger partial charge in [-0.3, -0.25) is 0 Å². The number of carbonyl (C=O) groups excluding carboxylic acids is 1. The summed E-state index contributed by atoms with van der Waals surface area (Å²) >= 11 is 0. The fourth-order valence-electron chi connectivity index (χ4n) is 4.52. The van der Waals surface area contributed by atoms with Crippen molar-refractivity contribution in [3.8, 4) is 0 Å². The smallest absolute Gasteiger partial charge is 0.410 e. The topological polar surface area (TPSA) is 49.8 Å². The van der Waals surface area contributed by atoms with Gasteiger partial charge in [-0.2, -0.15) is 0 Å². The predicted octanol–water partition coefficient (Wildman–Crippen LogP) is 4.78. The Morgan fingerprint density at radius 1 is 1.11 bits per heavy atom. The lowest BCUT2D eigenvalue weighted by atomic mass is 9.80. The molecule has 1 amide bonds. The second-order valence-electron chi connectivity index (χ2n) is 7.70. The lowest BCUT2D eigenvalue weighted by molar-refractivity contribution is -0.0538. The first-order valence-corrected chi connectivity index (χ1v) is 9.56. The molecule has 2 aromatic carbocycles. The van der Waals surface area contributed by atoms with E-state index in [0.717, 1.165) is 18.4 Å². The van der Waals surface area contributed by atoms with Crippen molar-refractivity contribution in [3.05, 3.63) is 71.3 Å². The normalized spacial score (nSPS) is 26.5. The van der Waals surface area contributed by atoms with Gasteiger partial charge in [0.15, 0.2) is 0 Å². The van der Waals surface area contributed by atoms with Crippen LogP contribution in [-0.4, -0.2) is 28.2 Å². The zero-order valence-electron chi connectivity index (χ0n) is 15.4. The third-order valence-corrected chi connectivity index (χ3v) is 5.86. The van der Waals surface area contributed by atoms with Gasteiger partial charge in [0.25, 0.3) is 6.43 Å². The van der Waals surface area contributed by atoms with E-state index in [4.69, 9.17) is 4.74 Å². The first-order valence-electron chi connectivity index (χ1n) is 9.56. The van der Waals surface area contributed by atoms with Crippen LogP contribution in [0.5, 0.6) is 0 Å². The number of piperidine rings is 1. The average molecular weight is 387 g/mol. The van der Waals surface area contributed by atoms with Gasteiger partial charge >= 0.3 is 6.09 Å². The van der Waals surface area contributed by atoms with Gasteiger partial charge in [-0.1, -0.05) is 48.5 Å². The van der Waals surface area contributed by atoms with Gasteiger partial charge in [0.2, 0.25) is 0 Å². The van der Waals surface area contributed by atoms with Crippen molar-refractivity contribution < 1.29 is 23.4 Å². The molecule has 6 heteroatoms. The Kier molecular flexibility index (Phi) is 5.06. The van der Waals surface area contributed by atoms with Gasteiger partial charge < -0.3 is 14.7 Å². The van der Waals surface area contributed by atoms with Gasteiger partial charge in [-0.05, 0) is 30.0 Å². The predicted molar refractivity (Wildman–Crippen MR) is 99.8 cm³/mol. The standard InChI is InChI=1S/C22H23F2NO3/c23-20(24)16-7-4-8-17(11-16)22(27)12-18-9-10-19(13-22)25(18)21(26)28-14-15-5-2-1-3-6-15/h1-8,11,18-20,27H,9-10,12-14H2. The SMILES string of the molecule is O=C(OCc1ccccc1)N1C2CCC1CC(O)(c1cccc(C(F)F)c1)C2. The molecular formula is C22H23F2NO3. The summed E-state index contributed by atoms with van der Waals surface area (Å²) in [6.45, 7) is 0.205. The Morgan fingerprint density at radius 2 is 1.79 bits per heavy atom. The van der Waals surface area contributed by atoms with Crippen molar-refractivity contribution in [1.82, 2.24) is 4.90 Å². The number of hydrogen-bond donors (Lipinski definition) is 1. The Bertz CT molecular complexity index is 829. The molecule has 2 heterocycles. The maximum atomic E-state index is 13.0. The van der Waals surface area contributed by atoms with Crippen LogP contribution < -0.4 is 0 Å². The molecular weight excluding hydrogens is 364 g/mol. The molecule has 4 rings (SSSR count). The molecule has 28 heavy (non-hydrogen) atoms. The minimum absolute atomic E-state index is 0.0945. The van der Waals surface area contributed by atoms with E-state index in [2.05, 4.69) is 0 Å². The van der Waals surface area contributed by atoms with Crippen LogP contribution >= 0.6 is 0 Å². The highest BCUT2D eigenvalue weighted by Gasteiger charge is 2.50. The monoisotopic (exact) mass is 387 g/mol. The number of amides is 1. The van der Waals surface area contributed by atoms with Crippen LogP contribution in [0.2, 0.25) is 0 Å². The van der Waals surface area contributed by atoms with Gasteiger partial charge in [0.1, 0.15) is 6.61 Å². The summed E-state index contributed by atoms with van der Waals surface area (Å²) in [6, 6.07) is 15.2. The van der Waals surface area contributed by atoms with Gasteiger partial charge in [0, 0.05) is 30.5 Å². The number of carbonyl (C=O) groups is 1. The minimum Gasteiger partial charge on any atom is -0.445 e. The largest absolute Gasteiger partial charge is 0.445 e. The van der Waals surface area contributed by atoms with E-state index in [1.165, 1.54) is 12.1 Å². The quantitative estimate of drug-likeness (QED) is 0.822. The highest BCUT2D eigenvalue weighted by Crippen LogP contribution is 2.46. The third kappa shape index (κ3) is 3.61. The molecule has 0 aromatic heterocycles. The van der Waals surface area contributed by atoms with E-state index in [9.17, 15) is 18.7 Å². The number of alkyl halides is 2. The van der Waals surface area contributed by atoms with E-state index >= 15 is 0 Å². The number of halogens is 2. The van der Waals surface area contributed by atoms with Crippen molar-refractivity contribution in [2.45, 2.75) is 56.4 Å². The van der Waals surface area contributed by atoms with E-state index in [1.54, 1.807) is 17.0 Å². The van der Waals surface area contributed by atoms with E-state index in [0.29, 0.717) is 18.4 Å². The summed E-state index contributed by atoms with van der Waals surface area (Å²) in [6.07, 6.45) is -0.731. The third-order valence-electron chi connectivity index (χ3n) is 5.86. The summed E-state index contributed by atoms with van der Waals surface area (Å²) in [7, 11) is 0. The number of rotatable bonds is 4. The molecule has 0 spiro atoms. The molecule has 0 aliphatic carbocycles. The van der Waals surface area contributed by atoms with Gasteiger partial charge in [-0.25, -0.2) is 13.6 Å². The lowest BCUT2D eigenvalue weighted by Gasteiger charge is -2.43. The van der Waals surface area contributed by atoms with Crippen molar-refractivity contribution in [1.29, 1.82) is 0 Å². The molecule has 2 unspecified atom stereocenters. The van der Waals surface area contributed by atoms with Crippen LogP contribution in [0.1, 0.15) is 48.8 Å².